The summed E-state index contributed by atoms with van der Waals surface area (Å²) in [5, 5.41) is 12.0. The zero-order valence-corrected chi connectivity index (χ0v) is 12.6. The highest BCUT2D eigenvalue weighted by atomic mass is 79.9. The molecule has 0 unspecified atom stereocenters. The van der Waals surface area contributed by atoms with Gasteiger partial charge in [0.25, 0.3) is 0 Å². The number of nitrogens with one attached hydrogen (secondary N) is 1. The van der Waals surface area contributed by atoms with Crippen LogP contribution in [0.25, 0.3) is 11.3 Å². The predicted octanol–water partition coefficient (Wildman–Crippen LogP) is 3.01. The summed E-state index contributed by atoms with van der Waals surface area (Å²) in [6, 6.07) is 5.94. The van der Waals surface area contributed by atoms with E-state index in [0.717, 1.165) is 39.5 Å². The first-order chi connectivity index (χ1) is 8.63. The van der Waals surface area contributed by atoms with Crippen molar-refractivity contribution in [3.8, 4) is 11.3 Å². The van der Waals surface area contributed by atoms with Gasteiger partial charge < -0.3 is 5.32 Å². The number of aryl methyl sites for hydroxylation is 1. The Bertz CT molecular complexity index is 534. The number of rotatable bonds is 4. The Balaban J connectivity index is 2.40. The van der Waals surface area contributed by atoms with E-state index in [1.807, 2.05) is 19.2 Å². The molecular formula is C12H14BrClN4. The quantitative estimate of drug-likeness (QED) is 0.937. The number of hydrogen-bond acceptors (Lipinski definition) is 3. The standard InChI is InChI=1S/C12H14BrClN4/c1-3-15-7-9-6-8(4-5-10(9)14)11-12(13)16-17-18(11)2/h4-6,15H,3,7H2,1-2H3. The molecule has 0 amide bonds. The van der Waals surface area contributed by atoms with E-state index in [9.17, 15) is 0 Å². The first kappa shape index (κ1) is 13.5. The average Bonchev–Trinajstić information content (AvgIpc) is 2.68. The van der Waals surface area contributed by atoms with Crippen LogP contribution in [-0.4, -0.2) is 21.5 Å². The molecule has 4 nitrogen and oxygen atoms in total. The van der Waals surface area contributed by atoms with Gasteiger partial charge in [-0.2, -0.15) is 0 Å². The van der Waals surface area contributed by atoms with E-state index in [4.69, 9.17) is 11.6 Å². The van der Waals surface area contributed by atoms with Gasteiger partial charge in [0.1, 0.15) is 5.69 Å². The minimum absolute atomic E-state index is 0.738. The molecule has 0 saturated heterocycles. The van der Waals surface area contributed by atoms with E-state index >= 15 is 0 Å². The number of benzene rings is 1. The molecule has 2 rings (SSSR count). The molecule has 0 spiro atoms. The van der Waals surface area contributed by atoms with Gasteiger partial charge in [-0.3, -0.25) is 0 Å². The molecule has 0 fully saturated rings. The molecule has 1 aromatic carbocycles. The smallest absolute Gasteiger partial charge is 0.156 e. The molecule has 0 aliphatic heterocycles. The SMILES string of the molecule is CCNCc1cc(-c2c(Br)nnn2C)ccc1Cl. The van der Waals surface area contributed by atoms with Crippen molar-refractivity contribution in [2.75, 3.05) is 6.54 Å². The van der Waals surface area contributed by atoms with Gasteiger partial charge in [0.05, 0.1) is 0 Å². The van der Waals surface area contributed by atoms with E-state index in [0.29, 0.717) is 0 Å². The summed E-state index contributed by atoms with van der Waals surface area (Å²) in [5.41, 5.74) is 3.07. The van der Waals surface area contributed by atoms with Crippen molar-refractivity contribution in [1.29, 1.82) is 0 Å². The van der Waals surface area contributed by atoms with Crippen molar-refractivity contribution in [2.24, 2.45) is 7.05 Å². The fourth-order valence-corrected chi connectivity index (χ4v) is 2.50. The normalized spacial score (nSPS) is 10.9. The summed E-state index contributed by atoms with van der Waals surface area (Å²) in [6.45, 7) is 3.74. The summed E-state index contributed by atoms with van der Waals surface area (Å²) in [7, 11) is 1.87. The molecule has 1 aromatic heterocycles. The van der Waals surface area contributed by atoms with E-state index in [1.54, 1.807) is 4.68 Å². The van der Waals surface area contributed by atoms with Crippen LogP contribution in [0.2, 0.25) is 5.02 Å². The molecule has 2 aromatic rings. The van der Waals surface area contributed by atoms with Crippen LogP contribution < -0.4 is 5.32 Å². The third-order valence-electron chi connectivity index (χ3n) is 2.67. The Morgan fingerprint density at radius 1 is 1.44 bits per heavy atom. The van der Waals surface area contributed by atoms with Crippen LogP contribution in [0.15, 0.2) is 22.8 Å². The lowest BCUT2D eigenvalue weighted by molar-refractivity contribution is 0.718. The lowest BCUT2D eigenvalue weighted by Crippen LogP contribution is -2.12. The predicted molar refractivity (Wildman–Crippen MR) is 76.5 cm³/mol. The van der Waals surface area contributed by atoms with Crippen LogP contribution in [0.1, 0.15) is 12.5 Å². The van der Waals surface area contributed by atoms with Crippen LogP contribution in [0.5, 0.6) is 0 Å². The van der Waals surface area contributed by atoms with Gasteiger partial charge in [-0.25, -0.2) is 4.68 Å². The Morgan fingerprint density at radius 3 is 2.83 bits per heavy atom. The highest BCUT2D eigenvalue weighted by Crippen LogP contribution is 2.28. The number of nitrogens with zero attached hydrogens (tertiary/aromatic N) is 3. The van der Waals surface area contributed by atoms with E-state index < -0.39 is 0 Å². The molecule has 0 aliphatic carbocycles. The second-order valence-electron chi connectivity index (χ2n) is 3.94. The van der Waals surface area contributed by atoms with Gasteiger partial charge in [0.2, 0.25) is 0 Å². The van der Waals surface area contributed by atoms with Gasteiger partial charge in [0, 0.05) is 24.2 Å². The van der Waals surface area contributed by atoms with Crippen LogP contribution >= 0.6 is 27.5 Å². The molecule has 0 aliphatic rings. The van der Waals surface area contributed by atoms with Gasteiger partial charge in [0.15, 0.2) is 4.60 Å². The lowest BCUT2D eigenvalue weighted by atomic mass is 10.1. The molecule has 0 saturated carbocycles. The van der Waals surface area contributed by atoms with Crippen molar-refractivity contribution < 1.29 is 0 Å². The summed E-state index contributed by atoms with van der Waals surface area (Å²) in [5.74, 6) is 0. The Hall–Kier alpha value is -0.910. The fraction of sp³-hybridized carbons (Fsp3) is 0.333. The van der Waals surface area contributed by atoms with E-state index in [1.165, 1.54) is 0 Å². The Labute approximate surface area is 119 Å². The highest BCUT2D eigenvalue weighted by Gasteiger charge is 2.12. The second-order valence-corrected chi connectivity index (χ2v) is 5.10. The number of halogens is 2. The number of hydrogen-bond donors (Lipinski definition) is 1. The van der Waals surface area contributed by atoms with Gasteiger partial charge >= 0.3 is 0 Å². The molecule has 6 heteroatoms. The van der Waals surface area contributed by atoms with Gasteiger partial charge in [-0.15, -0.1) is 5.10 Å². The van der Waals surface area contributed by atoms with Gasteiger partial charge in [-0.1, -0.05) is 29.8 Å². The van der Waals surface area contributed by atoms with Crippen LogP contribution in [0.4, 0.5) is 0 Å². The molecule has 96 valence electrons. The van der Waals surface area contributed by atoms with Crippen molar-refractivity contribution in [3.05, 3.63) is 33.4 Å². The first-order valence-corrected chi connectivity index (χ1v) is 6.85. The molecule has 1 N–H and O–H groups in total. The van der Waals surface area contributed by atoms with Crippen molar-refractivity contribution in [3.63, 3.8) is 0 Å². The summed E-state index contributed by atoms with van der Waals surface area (Å²) in [4.78, 5) is 0. The summed E-state index contributed by atoms with van der Waals surface area (Å²) < 4.78 is 2.48. The maximum Gasteiger partial charge on any atom is 0.156 e. The van der Waals surface area contributed by atoms with Crippen molar-refractivity contribution in [1.82, 2.24) is 20.3 Å². The molecule has 1 heterocycles. The zero-order valence-electron chi connectivity index (χ0n) is 10.2. The Kier molecular flexibility index (Phi) is 4.37. The van der Waals surface area contributed by atoms with E-state index in [-0.39, 0.29) is 0 Å². The maximum absolute atomic E-state index is 6.18. The minimum Gasteiger partial charge on any atom is -0.313 e. The molecule has 0 radical (unpaired) electrons. The van der Waals surface area contributed by atoms with Crippen molar-refractivity contribution in [2.45, 2.75) is 13.5 Å². The lowest BCUT2D eigenvalue weighted by Gasteiger charge is -2.08. The molecular weight excluding hydrogens is 316 g/mol. The largest absolute Gasteiger partial charge is 0.313 e. The number of aromatic nitrogens is 3. The minimum atomic E-state index is 0.738. The fourth-order valence-electron chi connectivity index (χ4n) is 1.76. The van der Waals surface area contributed by atoms with E-state index in [2.05, 4.69) is 44.5 Å². The third-order valence-corrected chi connectivity index (χ3v) is 3.57. The third kappa shape index (κ3) is 2.74. The monoisotopic (exact) mass is 328 g/mol. The zero-order chi connectivity index (χ0) is 13.1. The van der Waals surface area contributed by atoms with Crippen LogP contribution in [-0.2, 0) is 13.6 Å². The molecule has 0 bridgehead atoms. The van der Waals surface area contributed by atoms with Crippen LogP contribution in [0.3, 0.4) is 0 Å². The van der Waals surface area contributed by atoms with Crippen molar-refractivity contribution >= 4 is 27.5 Å². The first-order valence-electron chi connectivity index (χ1n) is 5.68. The molecule has 0 atom stereocenters. The van der Waals surface area contributed by atoms with Crippen LogP contribution in [0, 0.1) is 0 Å². The topological polar surface area (TPSA) is 42.7 Å². The summed E-state index contributed by atoms with van der Waals surface area (Å²) in [6.07, 6.45) is 0. The average molecular weight is 330 g/mol. The summed E-state index contributed by atoms with van der Waals surface area (Å²) >= 11 is 9.59. The highest BCUT2D eigenvalue weighted by molar-refractivity contribution is 9.10. The van der Waals surface area contributed by atoms with Gasteiger partial charge in [-0.05, 0) is 40.2 Å². The maximum atomic E-state index is 6.18. The second kappa shape index (κ2) is 5.82. The Morgan fingerprint density at radius 2 is 2.22 bits per heavy atom. The molecule has 18 heavy (non-hydrogen) atoms.